The number of aliphatic hydroxyl groups is 1. The van der Waals surface area contributed by atoms with Gasteiger partial charge >= 0.3 is 0 Å². The molecule has 0 spiro atoms. The van der Waals surface area contributed by atoms with Gasteiger partial charge in [-0.2, -0.15) is 5.10 Å². The van der Waals surface area contributed by atoms with E-state index in [4.69, 9.17) is 14.2 Å². The number of aryl methyl sites for hydroxylation is 1. The van der Waals surface area contributed by atoms with Crippen molar-refractivity contribution in [3.63, 3.8) is 0 Å². The number of hydrogen-bond donors (Lipinski definition) is 2. The first-order valence-corrected chi connectivity index (χ1v) is 8.03. The molecule has 1 aliphatic rings. The molecule has 0 radical (unpaired) electrons. The van der Waals surface area contributed by atoms with Crippen LogP contribution in [0.25, 0.3) is 0 Å². The summed E-state index contributed by atoms with van der Waals surface area (Å²) in [5.74, 6) is 2.04. The molecule has 2 N–H and O–H groups in total. The lowest BCUT2D eigenvalue weighted by molar-refractivity contribution is 0.103. The van der Waals surface area contributed by atoms with Gasteiger partial charge in [-0.3, -0.25) is 4.68 Å². The van der Waals surface area contributed by atoms with E-state index in [2.05, 4.69) is 17.3 Å². The summed E-state index contributed by atoms with van der Waals surface area (Å²) in [4.78, 5) is 0. The molecule has 1 aromatic carbocycles. The highest BCUT2D eigenvalue weighted by atomic mass is 16.7. The maximum Gasteiger partial charge on any atom is 0.231 e. The normalized spacial score (nSPS) is 15.3. The van der Waals surface area contributed by atoms with Gasteiger partial charge in [0.1, 0.15) is 18.5 Å². The lowest BCUT2D eigenvalue weighted by atomic mass is 10.3. The number of aliphatic hydroxyl groups excluding tert-OH is 1. The molecular formula is C17H23N3O4. The molecule has 130 valence electrons. The fourth-order valence-corrected chi connectivity index (χ4v) is 2.47. The van der Waals surface area contributed by atoms with Gasteiger partial charge in [-0.25, -0.2) is 0 Å². The van der Waals surface area contributed by atoms with Crippen LogP contribution in [0.15, 0.2) is 30.6 Å². The summed E-state index contributed by atoms with van der Waals surface area (Å²) in [6, 6.07) is 5.57. The lowest BCUT2D eigenvalue weighted by Gasteiger charge is -2.17. The number of fused-ring (bicyclic) bond motifs is 1. The van der Waals surface area contributed by atoms with Gasteiger partial charge in [0.05, 0.1) is 12.7 Å². The predicted octanol–water partition coefficient (Wildman–Crippen LogP) is 1.34. The second kappa shape index (κ2) is 7.55. The molecule has 1 aromatic heterocycles. The van der Waals surface area contributed by atoms with Crippen molar-refractivity contribution in [2.45, 2.75) is 32.5 Å². The second-order valence-electron chi connectivity index (χ2n) is 6.03. The third-order valence-corrected chi connectivity index (χ3v) is 3.71. The summed E-state index contributed by atoms with van der Waals surface area (Å²) in [6.07, 6.45) is 3.23. The van der Waals surface area contributed by atoms with E-state index in [1.165, 1.54) is 0 Å². The first-order valence-electron chi connectivity index (χ1n) is 8.03. The predicted molar refractivity (Wildman–Crippen MR) is 88.5 cm³/mol. The Hall–Kier alpha value is -2.25. The average Bonchev–Trinajstić information content (AvgIpc) is 3.19. The number of ether oxygens (including phenoxy) is 3. The van der Waals surface area contributed by atoms with Crippen molar-refractivity contribution in [2.75, 3.05) is 19.9 Å². The standard InChI is InChI=1S/C17H23N3O4/c1-12-6-19-20(8-12)9-13(2)18-7-14(21)10-22-15-3-4-16-17(5-15)24-11-23-16/h3-6,8,13-14,18,21H,7,9-11H2,1-2H3. The Morgan fingerprint density at radius 1 is 1.38 bits per heavy atom. The quantitative estimate of drug-likeness (QED) is 0.759. The van der Waals surface area contributed by atoms with Crippen molar-refractivity contribution in [3.8, 4) is 17.2 Å². The average molecular weight is 333 g/mol. The fourth-order valence-electron chi connectivity index (χ4n) is 2.47. The first kappa shape index (κ1) is 16.6. The summed E-state index contributed by atoms with van der Waals surface area (Å²) < 4.78 is 18.0. The zero-order valence-electron chi connectivity index (χ0n) is 13.9. The molecule has 0 aliphatic carbocycles. The van der Waals surface area contributed by atoms with E-state index in [0.717, 1.165) is 12.1 Å². The van der Waals surface area contributed by atoms with E-state index in [-0.39, 0.29) is 19.4 Å². The SMILES string of the molecule is Cc1cnn(CC(C)NCC(O)COc2ccc3c(c2)OCO3)c1. The van der Waals surface area contributed by atoms with Crippen molar-refractivity contribution < 1.29 is 19.3 Å². The van der Waals surface area contributed by atoms with Crippen LogP contribution in [-0.4, -0.2) is 47.0 Å². The zero-order valence-corrected chi connectivity index (χ0v) is 13.9. The van der Waals surface area contributed by atoms with Crippen LogP contribution in [0.2, 0.25) is 0 Å². The lowest BCUT2D eigenvalue weighted by Crippen LogP contribution is -2.38. The van der Waals surface area contributed by atoms with Crippen LogP contribution in [0.3, 0.4) is 0 Å². The third kappa shape index (κ3) is 4.39. The van der Waals surface area contributed by atoms with Gasteiger partial charge < -0.3 is 24.6 Å². The largest absolute Gasteiger partial charge is 0.491 e. The van der Waals surface area contributed by atoms with E-state index in [1.54, 1.807) is 18.2 Å². The number of rotatable bonds is 8. The van der Waals surface area contributed by atoms with Crippen molar-refractivity contribution in [1.29, 1.82) is 0 Å². The Kier molecular flexibility index (Phi) is 5.22. The molecule has 24 heavy (non-hydrogen) atoms. The maximum absolute atomic E-state index is 10.1. The Morgan fingerprint density at radius 2 is 2.21 bits per heavy atom. The van der Waals surface area contributed by atoms with Crippen molar-refractivity contribution in [2.24, 2.45) is 0 Å². The van der Waals surface area contributed by atoms with Crippen LogP contribution >= 0.6 is 0 Å². The summed E-state index contributed by atoms with van der Waals surface area (Å²) in [7, 11) is 0. The van der Waals surface area contributed by atoms with Crippen LogP contribution in [0.1, 0.15) is 12.5 Å². The molecule has 0 bridgehead atoms. The maximum atomic E-state index is 10.1. The topological polar surface area (TPSA) is 77.8 Å². The van der Waals surface area contributed by atoms with Crippen LogP contribution in [0.5, 0.6) is 17.2 Å². The molecule has 0 saturated heterocycles. The van der Waals surface area contributed by atoms with Crippen LogP contribution in [-0.2, 0) is 6.54 Å². The van der Waals surface area contributed by atoms with Crippen LogP contribution in [0, 0.1) is 6.92 Å². The Bertz CT molecular complexity index is 674. The Balaban J connectivity index is 1.38. The summed E-state index contributed by atoms with van der Waals surface area (Å²) in [5, 5.41) is 17.6. The zero-order chi connectivity index (χ0) is 16.9. The third-order valence-electron chi connectivity index (χ3n) is 3.71. The van der Waals surface area contributed by atoms with E-state index in [9.17, 15) is 5.11 Å². The molecular weight excluding hydrogens is 310 g/mol. The van der Waals surface area contributed by atoms with Crippen molar-refractivity contribution >= 4 is 0 Å². The molecule has 2 unspecified atom stereocenters. The van der Waals surface area contributed by atoms with Gasteiger partial charge in [0.2, 0.25) is 6.79 Å². The molecule has 7 nitrogen and oxygen atoms in total. The van der Waals surface area contributed by atoms with E-state index >= 15 is 0 Å². The summed E-state index contributed by atoms with van der Waals surface area (Å²) >= 11 is 0. The van der Waals surface area contributed by atoms with E-state index < -0.39 is 6.10 Å². The highest BCUT2D eigenvalue weighted by molar-refractivity contribution is 5.46. The molecule has 2 atom stereocenters. The number of aromatic nitrogens is 2. The minimum absolute atomic E-state index is 0.199. The highest BCUT2D eigenvalue weighted by Crippen LogP contribution is 2.35. The van der Waals surface area contributed by atoms with Crippen LogP contribution in [0.4, 0.5) is 0 Å². The van der Waals surface area contributed by atoms with Gasteiger partial charge in [-0.05, 0) is 31.5 Å². The minimum atomic E-state index is -0.600. The molecule has 3 rings (SSSR count). The minimum Gasteiger partial charge on any atom is -0.491 e. The Morgan fingerprint density at radius 3 is 3.00 bits per heavy atom. The molecule has 7 heteroatoms. The molecule has 1 aliphatic heterocycles. The van der Waals surface area contributed by atoms with Crippen LogP contribution < -0.4 is 19.5 Å². The number of hydrogen-bond acceptors (Lipinski definition) is 6. The van der Waals surface area contributed by atoms with Crippen molar-refractivity contribution in [3.05, 3.63) is 36.2 Å². The molecule has 0 saturated carbocycles. The fraction of sp³-hybridized carbons (Fsp3) is 0.471. The number of benzene rings is 1. The Labute approximate surface area is 141 Å². The molecule has 2 aromatic rings. The van der Waals surface area contributed by atoms with Gasteiger partial charge in [-0.1, -0.05) is 0 Å². The summed E-state index contributed by atoms with van der Waals surface area (Å²) in [6.45, 7) is 5.72. The van der Waals surface area contributed by atoms with E-state index in [0.29, 0.717) is 23.8 Å². The second-order valence-corrected chi connectivity index (χ2v) is 6.03. The highest BCUT2D eigenvalue weighted by Gasteiger charge is 2.14. The molecule has 0 fully saturated rings. The molecule has 0 amide bonds. The first-order chi connectivity index (χ1) is 11.6. The molecule has 2 heterocycles. The monoisotopic (exact) mass is 333 g/mol. The van der Waals surface area contributed by atoms with Gasteiger partial charge in [0.15, 0.2) is 11.5 Å². The van der Waals surface area contributed by atoms with Gasteiger partial charge in [0, 0.05) is 24.8 Å². The van der Waals surface area contributed by atoms with E-state index in [1.807, 2.05) is 24.0 Å². The van der Waals surface area contributed by atoms with Crippen molar-refractivity contribution in [1.82, 2.24) is 15.1 Å². The number of nitrogens with zero attached hydrogens (tertiary/aromatic N) is 2. The smallest absolute Gasteiger partial charge is 0.231 e. The van der Waals surface area contributed by atoms with Gasteiger partial charge in [0.25, 0.3) is 0 Å². The van der Waals surface area contributed by atoms with Gasteiger partial charge in [-0.15, -0.1) is 0 Å². The number of nitrogens with one attached hydrogen (secondary N) is 1. The summed E-state index contributed by atoms with van der Waals surface area (Å²) in [5.41, 5.74) is 1.14.